The Morgan fingerprint density at radius 1 is 1.12 bits per heavy atom. The Balaban J connectivity index is 2.04. The number of hydrogen-bond donors (Lipinski definition) is 1. The number of benzene rings is 1. The molecule has 0 saturated heterocycles. The molecule has 0 aliphatic heterocycles. The highest BCUT2D eigenvalue weighted by molar-refractivity contribution is 5.55. The van der Waals surface area contributed by atoms with Crippen LogP contribution in [0.1, 0.15) is 19.8 Å². The molecule has 1 N–H and O–H groups in total. The third kappa shape index (κ3) is 2.23. The van der Waals surface area contributed by atoms with Crippen molar-refractivity contribution in [2.75, 3.05) is 19.5 Å². The van der Waals surface area contributed by atoms with Crippen LogP contribution in [-0.2, 0) is 0 Å². The molecular weight excluding hydrogens is 202 g/mol. The van der Waals surface area contributed by atoms with Crippen molar-refractivity contribution in [3.8, 4) is 11.5 Å². The zero-order chi connectivity index (χ0) is 11.5. The number of anilines is 1. The Morgan fingerprint density at radius 2 is 1.81 bits per heavy atom. The summed E-state index contributed by atoms with van der Waals surface area (Å²) in [6.45, 7) is 2.28. The topological polar surface area (TPSA) is 30.5 Å². The predicted molar refractivity (Wildman–Crippen MR) is 65.4 cm³/mol. The standard InChI is InChI=1S/C13H19NO2/c1-9-6-11(7-9)14-10-4-5-12(15-2)13(8-10)16-3/h4-5,8-9,11,14H,6-7H2,1-3H3. The van der Waals surface area contributed by atoms with Crippen LogP contribution in [0.25, 0.3) is 0 Å². The number of ether oxygens (including phenoxy) is 2. The maximum Gasteiger partial charge on any atom is 0.162 e. The van der Waals surface area contributed by atoms with Gasteiger partial charge in [0.2, 0.25) is 0 Å². The molecule has 1 aliphatic rings. The molecule has 3 nitrogen and oxygen atoms in total. The summed E-state index contributed by atoms with van der Waals surface area (Å²) in [5.74, 6) is 2.41. The van der Waals surface area contributed by atoms with Crippen molar-refractivity contribution in [3.63, 3.8) is 0 Å². The zero-order valence-corrected chi connectivity index (χ0v) is 10.1. The molecule has 1 fully saturated rings. The first-order chi connectivity index (χ1) is 7.72. The lowest BCUT2D eigenvalue weighted by Gasteiger charge is -2.34. The summed E-state index contributed by atoms with van der Waals surface area (Å²) in [5.41, 5.74) is 1.11. The first-order valence-corrected chi connectivity index (χ1v) is 5.71. The van der Waals surface area contributed by atoms with Crippen molar-refractivity contribution in [2.24, 2.45) is 5.92 Å². The Bertz CT molecular complexity index is 359. The van der Waals surface area contributed by atoms with Crippen LogP contribution in [0.3, 0.4) is 0 Å². The van der Waals surface area contributed by atoms with E-state index in [1.165, 1.54) is 12.8 Å². The molecule has 0 unspecified atom stereocenters. The highest BCUT2D eigenvalue weighted by atomic mass is 16.5. The van der Waals surface area contributed by atoms with Gasteiger partial charge in [-0.05, 0) is 30.9 Å². The van der Waals surface area contributed by atoms with Crippen LogP contribution in [0.4, 0.5) is 5.69 Å². The fourth-order valence-electron chi connectivity index (χ4n) is 2.18. The minimum atomic E-state index is 0.619. The average molecular weight is 221 g/mol. The number of rotatable bonds is 4. The molecule has 0 amide bonds. The zero-order valence-electron chi connectivity index (χ0n) is 10.1. The van der Waals surface area contributed by atoms with Crippen LogP contribution in [0.5, 0.6) is 11.5 Å². The lowest BCUT2D eigenvalue weighted by atomic mass is 9.82. The summed E-state index contributed by atoms with van der Waals surface area (Å²) in [7, 11) is 3.31. The molecule has 0 heterocycles. The SMILES string of the molecule is COc1ccc(NC2CC(C)C2)cc1OC. The van der Waals surface area contributed by atoms with Crippen molar-refractivity contribution in [2.45, 2.75) is 25.8 Å². The molecular formula is C13H19NO2. The molecule has 0 spiro atoms. The van der Waals surface area contributed by atoms with Crippen LogP contribution in [0, 0.1) is 5.92 Å². The lowest BCUT2D eigenvalue weighted by molar-refractivity contribution is 0.309. The monoisotopic (exact) mass is 221 g/mol. The van der Waals surface area contributed by atoms with Gasteiger partial charge >= 0.3 is 0 Å². The quantitative estimate of drug-likeness (QED) is 0.848. The normalized spacial score (nSPS) is 23.4. The molecule has 0 aromatic heterocycles. The highest BCUT2D eigenvalue weighted by Crippen LogP contribution is 2.33. The minimum absolute atomic E-state index is 0.619. The van der Waals surface area contributed by atoms with Gasteiger partial charge in [0.05, 0.1) is 14.2 Å². The second-order valence-corrected chi connectivity index (χ2v) is 4.49. The van der Waals surface area contributed by atoms with Gasteiger partial charge in [0.15, 0.2) is 11.5 Å². The molecule has 0 atom stereocenters. The molecule has 1 aromatic carbocycles. The highest BCUT2D eigenvalue weighted by Gasteiger charge is 2.25. The lowest BCUT2D eigenvalue weighted by Crippen LogP contribution is -2.33. The van der Waals surface area contributed by atoms with Gasteiger partial charge in [-0.25, -0.2) is 0 Å². The average Bonchev–Trinajstić information content (AvgIpc) is 2.27. The Kier molecular flexibility index (Phi) is 3.22. The molecule has 3 heteroatoms. The van der Waals surface area contributed by atoms with E-state index in [0.717, 1.165) is 23.1 Å². The van der Waals surface area contributed by atoms with Gasteiger partial charge in [-0.3, -0.25) is 0 Å². The summed E-state index contributed by atoms with van der Waals surface area (Å²) in [6, 6.07) is 6.57. The Hall–Kier alpha value is -1.38. The first kappa shape index (κ1) is 11.1. The van der Waals surface area contributed by atoms with Crippen molar-refractivity contribution in [3.05, 3.63) is 18.2 Å². The third-order valence-electron chi connectivity index (χ3n) is 3.13. The van der Waals surface area contributed by atoms with Gasteiger partial charge in [-0.2, -0.15) is 0 Å². The summed E-state index contributed by atoms with van der Waals surface area (Å²) < 4.78 is 10.5. The summed E-state index contributed by atoms with van der Waals surface area (Å²) in [6.07, 6.45) is 2.52. The smallest absolute Gasteiger partial charge is 0.162 e. The molecule has 0 radical (unpaired) electrons. The van der Waals surface area contributed by atoms with E-state index in [-0.39, 0.29) is 0 Å². The van der Waals surface area contributed by atoms with E-state index in [4.69, 9.17) is 9.47 Å². The van der Waals surface area contributed by atoms with Crippen molar-refractivity contribution in [1.29, 1.82) is 0 Å². The summed E-state index contributed by atoms with van der Waals surface area (Å²) >= 11 is 0. The van der Waals surface area contributed by atoms with Crippen LogP contribution in [-0.4, -0.2) is 20.3 Å². The second-order valence-electron chi connectivity index (χ2n) is 4.49. The second kappa shape index (κ2) is 4.64. The maximum atomic E-state index is 5.27. The van der Waals surface area contributed by atoms with Gasteiger partial charge in [0, 0.05) is 17.8 Å². The van der Waals surface area contributed by atoms with Crippen molar-refractivity contribution >= 4 is 5.69 Å². The molecule has 1 saturated carbocycles. The Labute approximate surface area is 96.8 Å². The molecule has 88 valence electrons. The van der Waals surface area contributed by atoms with E-state index in [2.05, 4.69) is 12.2 Å². The van der Waals surface area contributed by atoms with Gasteiger partial charge in [-0.1, -0.05) is 6.92 Å². The van der Waals surface area contributed by atoms with E-state index in [1.54, 1.807) is 14.2 Å². The van der Waals surface area contributed by atoms with Gasteiger partial charge < -0.3 is 14.8 Å². The molecule has 1 aromatic rings. The summed E-state index contributed by atoms with van der Waals surface area (Å²) in [4.78, 5) is 0. The van der Waals surface area contributed by atoms with E-state index >= 15 is 0 Å². The number of hydrogen-bond acceptors (Lipinski definition) is 3. The van der Waals surface area contributed by atoms with Gasteiger partial charge in [0.1, 0.15) is 0 Å². The minimum Gasteiger partial charge on any atom is -0.493 e. The van der Waals surface area contributed by atoms with Gasteiger partial charge in [0.25, 0.3) is 0 Å². The van der Waals surface area contributed by atoms with Crippen LogP contribution >= 0.6 is 0 Å². The predicted octanol–water partition coefficient (Wildman–Crippen LogP) is 2.91. The van der Waals surface area contributed by atoms with Crippen molar-refractivity contribution < 1.29 is 9.47 Å². The molecule has 2 rings (SSSR count). The van der Waals surface area contributed by atoms with Crippen LogP contribution in [0.2, 0.25) is 0 Å². The van der Waals surface area contributed by atoms with E-state index in [0.29, 0.717) is 6.04 Å². The van der Waals surface area contributed by atoms with E-state index in [9.17, 15) is 0 Å². The third-order valence-corrected chi connectivity index (χ3v) is 3.13. The molecule has 0 bridgehead atoms. The molecule has 1 aliphatic carbocycles. The number of nitrogens with one attached hydrogen (secondary N) is 1. The largest absolute Gasteiger partial charge is 0.493 e. The van der Waals surface area contributed by atoms with Gasteiger partial charge in [-0.15, -0.1) is 0 Å². The number of methoxy groups -OCH3 is 2. The van der Waals surface area contributed by atoms with E-state index in [1.807, 2.05) is 18.2 Å². The summed E-state index contributed by atoms with van der Waals surface area (Å²) in [5, 5.41) is 3.50. The van der Waals surface area contributed by atoms with Crippen molar-refractivity contribution in [1.82, 2.24) is 0 Å². The maximum absolute atomic E-state index is 5.27. The fourth-order valence-corrected chi connectivity index (χ4v) is 2.18. The van der Waals surface area contributed by atoms with Crippen LogP contribution < -0.4 is 14.8 Å². The first-order valence-electron chi connectivity index (χ1n) is 5.71. The van der Waals surface area contributed by atoms with E-state index < -0.39 is 0 Å². The van der Waals surface area contributed by atoms with Crippen LogP contribution in [0.15, 0.2) is 18.2 Å². The Morgan fingerprint density at radius 3 is 2.38 bits per heavy atom. The fraction of sp³-hybridized carbons (Fsp3) is 0.538. The molecule has 16 heavy (non-hydrogen) atoms.